The second-order valence-corrected chi connectivity index (χ2v) is 4.32. The maximum absolute atomic E-state index is 10.3. The fourth-order valence-corrected chi connectivity index (χ4v) is 1.84. The molecule has 0 spiro atoms. The number of unbranched alkanes of at least 4 members (excludes halogenated alkanes) is 1. The van der Waals surface area contributed by atoms with Gasteiger partial charge in [-0.15, -0.1) is 0 Å². The fourth-order valence-electron chi connectivity index (χ4n) is 1.84. The van der Waals surface area contributed by atoms with Gasteiger partial charge in [0.25, 0.3) is 0 Å². The standard InChI is InChI=1S/C11H21NO3/c1-10-5-4-8-15-12(9-10)7-3-2-6-11(13)14/h10H,2-9H2,1H3,(H,13,14). The van der Waals surface area contributed by atoms with Crippen LogP contribution in [0.3, 0.4) is 0 Å². The minimum absolute atomic E-state index is 0.267. The van der Waals surface area contributed by atoms with E-state index in [1.807, 2.05) is 5.06 Å². The molecule has 1 saturated heterocycles. The Morgan fingerprint density at radius 2 is 2.33 bits per heavy atom. The van der Waals surface area contributed by atoms with E-state index in [0.717, 1.165) is 39.0 Å². The van der Waals surface area contributed by atoms with Crippen LogP contribution in [0.25, 0.3) is 0 Å². The predicted molar refractivity (Wildman–Crippen MR) is 57.4 cm³/mol. The molecule has 1 heterocycles. The Morgan fingerprint density at radius 1 is 1.53 bits per heavy atom. The van der Waals surface area contributed by atoms with E-state index >= 15 is 0 Å². The van der Waals surface area contributed by atoms with Gasteiger partial charge >= 0.3 is 5.97 Å². The lowest BCUT2D eigenvalue weighted by atomic mass is 10.1. The van der Waals surface area contributed by atoms with E-state index in [4.69, 9.17) is 9.94 Å². The van der Waals surface area contributed by atoms with Crippen molar-refractivity contribution in [2.75, 3.05) is 19.7 Å². The van der Waals surface area contributed by atoms with E-state index in [-0.39, 0.29) is 6.42 Å². The van der Waals surface area contributed by atoms with E-state index in [1.54, 1.807) is 0 Å². The highest BCUT2D eigenvalue weighted by Gasteiger charge is 2.14. The van der Waals surface area contributed by atoms with Crippen LogP contribution in [0, 0.1) is 5.92 Å². The first-order valence-corrected chi connectivity index (χ1v) is 5.78. The van der Waals surface area contributed by atoms with Gasteiger partial charge in [0, 0.05) is 19.5 Å². The molecule has 0 bridgehead atoms. The Hall–Kier alpha value is -0.610. The minimum atomic E-state index is -0.708. The molecule has 1 aliphatic heterocycles. The third kappa shape index (κ3) is 5.74. The molecular weight excluding hydrogens is 194 g/mol. The van der Waals surface area contributed by atoms with Crippen molar-refractivity contribution < 1.29 is 14.7 Å². The summed E-state index contributed by atoms with van der Waals surface area (Å²) in [7, 11) is 0. The zero-order valence-corrected chi connectivity index (χ0v) is 9.45. The van der Waals surface area contributed by atoms with Gasteiger partial charge in [0.05, 0.1) is 6.61 Å². The number of hydroxylamine groups is 2. The van der Waals surface area contributed by atoms with Crippen molar-refractivity contribution in [1.82, 2.24) is 5.06 Å². The van der Waals surface area contributed by atoms with Crippen LogP contribution in [0.15, 0.2) is 0 Å². The molecule has 0 radical (unpaired) electrons. The summed E-state index contributed by atoms with van der Waals surface area (Å²) in [6.45, 7) is 4.88. The van der Waals surface area contributed by atoms with E-state index in [9.17, 15) is 4.79 Å². The van der Waals surface area contributed by atoms with Crippen LogP contribution < -0.4 is 0 Å². The number of carboxylic acid groups (broad SMARTS) is 1. The zero-order valence-electron chi connectivity index (χ0n) is 9.45. The Morgan fingerprint density at radius 3 is 3.07 bits per heavy atom. The molecule has 0 aliphatic carbocycles. The summed E-state index contributed by atoms with van der Waals surface area (Å²) in [4.78, 5) is 15.9. The SMILES string of the molecule is CC1CCCON(CCCCC(=O)O)C1. The third-order valence-corrected chi connectivity index (χ3v) is 2.68. The Labute approximate surface area is 91.2 Å². The monoisotopic (exact) mass is 215 g/mol. The lowest BCUT2D eigenvalue weighted by Gasteiger charge is -2.20. The van der Waals surface area contributed by atoms with Crippen molar-refractivity contribution in [3.8, 4) is 0 Å². The number of carbonyl (C=O) groups is 1. The molecule has 1 N–H and O–H groups in total. The Kier molecular flexibility index (Phi) is 5.65. The fraction of sp³-hybridized carbons (Fsp3) is 0.909. The number of carboxylic acids is 1. The number of nitrogens with zero attached hydrogens (tertiary/aromatic N) is 1. The van der Waals surface area contributed by atoms with E-state index in [0.29, 0.717) is 5.92 Å². The minimum Gasteiger partial charge on any atom is -0.481 e. The quantitative estimate of drug-likeness (QED) is 0.712. The van der Waals surface area contributed by atoms with E-state index < -0.39 is 5.97 Å². The van der Waals surface area contributed by atoms with Gasteiger partial charge in [0.2, 0.25) is 0 Å². The summed E-state index contributed by atoms with van der Waals surface area (Å²) in [6.07, 6.45) is 4.27. The van der Waals surface area contributed by atoms with Gasteiger partial charge in [-0.1, -0.05) is 6.92 Å². The molecule has 0 aromatic heterocycles. The molecule has 1 unspecified atom stereocenters. The van der Waals surface area contributed by atoms with Crippen molar-refractivity contribution in [1.29, 1.82) is 0 Å². The second kappa shape index (κ2) is 6.80. The summed E-state index contributed by atoms with van der Waals surface area (Å²) in [5.74, 6) is -0.0212. The summed E-state index contributed by atoms with van der Waals surface area (Å²) in [5, 5.41) is 10.5. The zero-order chi connectivity index (χ0) is 11.1. The smallest absolute Gasteiger partial charge is 0.303 e. The summed E-state index contributed by atoms with van der Waals surface area (Å²) in [6, 6.07) is 0. The number of rotatable bonds is 5. The molecule has 1 aliphatic rings. The Bertz CT molecular complexity index is 196. The van der Waals surface area contributed by atoms with Crippen molar-refractivity contribution in [3.05, 3.63) is 0 Å². The van der Waals surface area contributed by atoms with Crippen LogP contribution in [-0.4, -0.2) is 35.8 Å². The van der Waals surface area contributed by atoms with Gasteiger partial charge in [-0.2, -0.15) is 5.06 Å². The van der Waals surface area contributed by atoms with Gasteiger partial charge < -0.3 is 5.11 Å². The summed E-state index contributed by atoms with van der Waals surface area (Å²) in [5.41, 5.74) is 0. The molecule has 88 valence electrons. The maximum atomic E-state index is 10.3. The van der Waals surface area contributed by atoms with E-state index in [1.165, 1.54) is 6.42 Å². The van der Waals surface area contributed by atoms with Crippen LogP contribution in [0.2, 0.25) is 0 Å². The van der Waals surface area contributed by atoms with Crippen LogP contribution in [0.4, 0.5) is 0 Å². The van der Waals surface area contributed by atoms with Crippen molar-refractivity contribution in [3.63, 3.8) is 0 Å². The molecule has 15 heavy (non-hydrogen) atoms. The maximum Gasteiger partial charge on any atom is 0.303 e. The normalized spacial score (nSPS) is 23.7. The largest absolute Gasteiger partial charge is 0.481 e. The number of hydrogen-bond acceptors (Lipinski definition) is 3. The van der Waals surface area contributed by atoms with Gasteiger partial charge in [-0.25, -0.2) is 0 Å². The van der Waals surface area contributed by atoms with Crippen LogP contribution in [-0.2, 0) is 9.63 Å². The third-order valence-electron chi connectivity index (χ3n) is 2.68. The van der Waals surface area contributed by atoms with Crippen LogP contribution in [0.1, 0.15) is 39.0 Å². The number of aliphatic carboxylic acids is 1. The molecule has 1 atom stereocenters. The van der Waals surface area contributed by atoms with Gasteiger partial charge in [0.1, 0.15) is 0 Å². The average molecular weight is 215 g/mol. The predicted octanol–water partition coefficient (Wildman–Crippen LogP) is 1.90. The molecule has 0 aromatic carbocycles. The van der Waals surface area contributed by atoms with Gasteiger partial charge in [0.15, 0.2) is 0 Å². The molecule has 0 saturated carbocycles. The van der Waals surface area contributed by atoms with Crippen molar-refractivity contribution in [2.45, 2.75) is 39.0 Å². The molecular formula is C11H21NO3. The molecule has 0 aromatic rings. The summed E-state index contributed by atoms with van der Waals surface area (Å²) < 4.78 is 0. The molecule has 0 amide bonds. The average Bonchev–Trinajstić information content (AvgIpc) is 2.37. The topological polar surface area (TPSA) is 49.8 Å². The van der Waals surface area contributed by atoms with Crippen molar-refractivity contribution in [2.24, 2.45) is 5.92 Å². The van der Waals surface area contributed by atoms with Crippen molar-refractivity contribution >= 4 is 5.97 Å². The first kappa shape index (κ1) is 12.5. The van der Waals surface area contributed by atoms with Gasteiger partial charge in [-0.3, -0.25) is 9.63 Å². The lowest BCUT2D eigenvalue weighted by molar-refractivity contribution is -0.156. The van der Waals surface area contributed by atoms with Crippen LogP contribution >= 0.6 is 0 Å². The molecule has 1 rings (SSSR count). The van der Waals surface area contributed by atoms with Gasteiger partial charge in [-0.05, 0) is 31.6 Å². The van der Waals surface area contributed by atoms with E-state index in [2.05, 4.69) is 6.92 Å². The molecule has 4 heteroatoms. The summed E-state index contributed by atoms with van der Waals surface area (Å²) >= 11 is 0. The highest BCUT2D eigenvalue weighted by molar-refractivity contribution is 5.66. The van der Waals surface area contributed by atoms with Crippen LogP contribution in [0.5, 0.6) is 0 Å². The molecule has 1 fully saturated rings. The molecule has 4 nitrogen and oxygen atoms in total. The Balaban J connectivity index is 2.11. The first-order chi connectivity index (χ1) is 7.18. The second-order valence-electron chi connectivity index (χ2n) is 4.32. The number of hydrogen-bond donors (Lipinski definition) is 1. The highest BCUT2D eigenvalue weighted by atomic mass is 16.7. The first-order valence-electron chi connectivity index (χ1n) is 5.78. The highest BCUT2D eigenvalue weighted by Crippen LogP contribution is 2.14. The lowest BCUT2D eigenvalue weighted by Crippen LogP contribution is -2.28.